The fraction of sp³-hybridized carbons (Fsp3) is 0.217. The summed E-state index contributed by atoms with van der Waals surface area (Å²) in [7, 11) is -0.119. The van der Waals surface area contributed by atoms with Gasteiger partial charge in [0.25, 0.3) is 0 Å². The number of benzene rings is 2. The van der Waals surface area contributed by atoms with Crippen LogP contribution in [-0.4, -0.2) is 45.3 Å². The molecule has 2 aromatic carbocycles. The Bertz CT molecular complexity index is 1300. The predicted molar refractivity (Wildman–Crippen MR) is 124 cm³/mol. The van der Waals surface area contributed by atoms with Crippen molar-refractivity contribution in [2.45, 2.75) is 5.75 Å². The molecule has 0 aliphatic carbocycles. The molecule has 0 spiro atoms. The van der Waals surface area contributed by atoms with Gasteiger partial charge in [0.1, 0.15) is 0 Å². The van der Waals surface area contributed by atoms with Crippen LogP contribution < -0.4 is 10.2 Å². The van der Waals surface area contributed by atoms with Crippen LogP contribution in [0.2, 0.25) is 0 Å². The molecule has 0 amide bonds. The summed E-state index contributed by atoms with van der Waals surface area (Å²) in [5.41, 5.74) is 7.74. The van der Waals surface area contributed by atoms with E-state index in [9.17, 15) is 0 Å². The van der Waals surface area contributed by atoms with Gasteiger partial charge in [-0.1, -0.05) is 30.3 Å². The summed E-state index contributed by atoms with van der Waals surface area (Å²) in [6.45, 7) is 4.18. The Labute approximate surface area is 182 Å². The SMILES string of the molecule is c1cc(C[s+]2[nH]o2)cc(-c2cnn3cc(-c4ccc(N5CCNCC5)cc4)cnc23)c1. The highest BCUT2D eigenvalue weighted by atomic mass is 32.2. The molecule has 3 aromatic heterocycles. The van der Waals surface area contributed by atoms with Crippen LogP contribution in [-0.2, 0) is 5.75 Å². The van der Waals surface area contributed by atoms with Gasteiger partial charge in [-0.25, -0.2) is 9.50 Å². The second kappa shape index (κ2) is 7.72. The Kier molecular flexibility index (Phi) is 4.58. The van der Waals surface area contributed by atoms with Crippen molar-refractivity contribution >= 4 is 22.3 Å². The van der Waals surface area contributed by atoms with Crippen LogP contribution in [0.15, 0.2) is 71.1 Å². The second-order valence-electron chi connectivity index (χ2n) is 7.81. The van der Waals surface area contributed by atoms with Gasteiger partial charge in [0.15, 0.2) is 5.65 Å². The van der Waals surface area contributed by atoms with Gasteiger partial charge in [-0.15, -0.1) is 3.96 Å². The third kappa shape index (κ3) is 3.75. The molecule has 0 bridgehead atoms. The number of fused-ring (bicyclic) bond motifs is 1. The van der Waals surface area contributed by atoms with E-state index >= 15 is 0 Å². The van der Waals surface area contributed by atoms with Crippen LogP contribution >= 0.6 is 11.0 Å². The third-order valence-corrected chi connectivity index (χ3v) is 6.77. The largest absolute Gasteiger partial charge is 0.369 e. The maximum Gasteiger partial charge on any atom is 0.321 e. The van der Waals surface area contributed by atoms with Crippen molar-refractivity contribution in [1.29, 1.82) is 0 Å². The molecule has 7 nitrogen and oxygen atoms in total. The number of piperazine rings is 1. The number of H-pyrrole nitrogens is 1. The van der Waals surface area contributed by atoms with Crippen LogP contribution in [0.4, 0.5) is 5.69 Å². The molecule has 4 heterocycles. The number of rotatable bonds is 5. The van der Waals surface area contributed by atoms with Crippen molar-refractivity contribution < 1.29 is 3.96 Å². The zero-order valence-corrected chi connectivity index (χ0v) is 17.8. The molecular weight excluding hydrogens is 408 g/mol. The second-order valence-corrected chi connectivity index (χ2v) is 9.12. The summed E-state index contributed by atoms with van der Waals surface area (Å²) in [5.74, 6) is 0.883. The average molecular weight is 432 g/mol. The van der Waals surface area contributed by atoms with E-state index < -0.39 is 0 Å². The first-order valence-corrected chi connectivity index (χ1v) is 11.8. The van der Waals surface area contributed by atoms with Gasteiger partial charge in [-0.3, -0.25) is 0 Å². The van der Waals surface area contributed by atoms with Crippen molar-refractivity contribution in [3.8, 4) is 22.3 Å². The van der Waals surface area contributed by atoms with Gasteiger partial charge >= 0.3 is 11.0 Å². The summed E-state index contributed by atoms with van der Waals surface area (Å²) in [6.07, 6.45) is 5.89. The number of hydrogen-bond donors (Lipinski definition) is 2. The average Bonchev–Trinajstić information content (AvgIpc) is 3.54. The van der Waals surface area contributed by atoms with Gasteiger partial charge in [-0.2, -0.15) is 5.10 Å². The number of hydrogen-bond acceptors (Lipinski definition) is 5. The first kappa shape index (κ1) is 18.4. The molecule has 2 N–H and O–H groups in total. The Morgan fingerprint density at radius 3 is 2.61 bits per heavy atom. The van der Waals surface area contributed by atoms with E-state index in [0.29, 0.717) is 0 Å². The minimum Gasteiger partial charge on any atom is -0.369 e. The Balaban J connectivity index is 1.28. The van der Waals surface area contributed by atoms with Crippen molar-refractivity contribution in [1.82, 2.24) is 24.5 Å². The van der Waals surface area contributed by atoms with Crippen LogP contribution in [0.5, 0.6) is 0 Å². The molecule has 5 aromatic rings. The van der Waals surface area contributed by atoms with Gasteiger partial charge in [0.2, 0.25) is 5.75 Å². The van der Waals surface area contributed by atoms with E-state index in [2.05, 4.69) is 74.6 Å². The molecule has 1 aliphatic heterocycles. The smallest absolute Gasteiger partial charge is 0.321 e. The van der Waals surface area contributed by atoms with Crippen molar-refractivity contribution in [3.63, 3.8) is 0 Å². The highest BCUT2D eigenvalue weighted by Crippen LogP contribution is 2.29. The number of nitrogens with zero attached hydrogens (tertiary/aromatic N) is 4. The third-order valence-electron chi connectivity index (χ3n) is 5.78. The molecule has 31 heavy (non-hydrogen) atoms. The van der Waals surface area contributed by atoms with Crippen molar-refractivity contribution in [2.24, 2.45) is 0 Å². The van der Waals surface area contributed by atoms with E-state index in [1.165, 1.54) is 11.3 Å². The molecule has 156 valence electrons. The van der Waals surface area contributed by atoms with Gasteiger partial charge in [-0.05, 0) is 29.3 Å². The van der Waals surface area contributed by atoms with Crippen LogP contribution in [0.25, 0.3) is 27.9 Å². The molecular formula is C23H23N6OS+. The maximum atomic E-state index is 5.15. The molecule has 1 unspecified atom stereocenters. The standard InChI is InChI=1S/C23H23N6OS/c1-2-17(16-31-27-30-31)12-19(3-1)22-14-26-29-15-20(13-25-23(22)29)18-4-6-21(7-5-18)28-10-8-24-9-11-28/h1-7,12-15,24,27H,8-11,16H2/q+1. The first-order valence-electron chi connectivity index (χ1n) is 10.5. The summed E-state index contributed by atoms with van der Waals surface area (Å²) < 4.78 is 9.93. The van der Waals surface area contributed by atoms with E-state index in [4.69, 9.17) is 8.94 Å². The lowest BCUT2D eigenvalue weighted by Crippen LogP contribution is -2.43. The lowest BCUT2D eigenvalue weighted by atomic mass is 10.1. The fourth-order valence-corrected chi connectivity index (χ4v) is 4.87. The Morgan fingerprint density at radius 2 is 1.81 bits per heavy atom. The molecule has 6 rings (SSSR count). The van der Waals surface area contributed by atoms with E-state index in [1.807, 2.05) is 16.9 Å². The Hall–Kier alpha value is -3.36. The number of aromatic amines is 1. The van der Waals surface area contributed by atoms with Crippen LogP contribution in [0, 0.1) is 0 Å². The minimum absolute atomic E-state index is 0.119. The summed E-state index contributed by atoms with van der Waals surface area (Å²) in [5, 5.41) is 7.98. The molecule has 0 saturated carbocycles. The minimum atomic E-state index is -0.119. The van der Waals surface area contributed by atoms with Crippen molar-refractivity contribution in [3.05, 3.63) is 72.7 Å². The lowest BCUT2D eigenvalue weighted by molar-refractivity contribution is 0.589. The molecule has 8 heteroatoms. The van der Waals surface area contributed by atoms with E-state index in [0.717, 1.165) is 59.8 Å². The quantitative estimate of drug-likeness (QED) is 0.408. The molecule has 0 radical (unpaired) electrons. The van der Waals surface area contributed by atoms with Crippen LogP contribution in [0.1, 0.15) is 5.56 Å². The monoisotopic (exact) mass is 431 g/mol. The highest BCUT2D eigenvalue weighted by Gasteiger charge is 2.17. The van der Waals surface area contributed by atoms with Gasteiger partial charge in [0.05, 0.1) is 6.20 Å². The van der Waals surface area contributed by atoms with Gasteiger partial charge in [0, 0.05) is 65.5 Å². The maximum absolute atomic E-state index is 5.15. The molecule has 1 fully saturated rings. The first-order chi connectivity index (χ1) is 15.3. The fourth-order valence-electron chi connectivity index (χ4n) is 4.08. The summed E-state index contributed by atoms with van der Waals surface area (Å²) in [6, 6.07) is 17.2. The zero-order valence-electron chi connectivity index (χ0n) is 17.0. The number of nitrogens with one attached hydrogen (secondary N) is 2. The van der Waals surface area contributed by atoms with Crippen molar-refractivity contribution in [2.75, 3.05) is 31.1 Å². The normalized spacial score (nSPS) is 15.1. The van der Waals surface area contributed by atoms with Gasteiger partial charge < -0.3 is 10.2 Å². The molecule has 1 atom stereocenters. The van der Waals surface area contributed by atoms with Crippen LogP contribution in [0.3, 0.4) is 0 Å². The lowest BCUT2D eigenvalue weighted by Gasteiger charge is -2.29. The highest BCUT2D eigenvalue weighted by molar-refractivity contribution is 7.20. The van der Waals surface area contributed by atoms with E-state index in [1.54, 1.807) is 0 Å². The van der Waals surface area contributed by atoms with E-state index in [-0.39, 0.29) is 11.0 Å². The number of aromatic nitrogens is 4. The molecule has 1 saturated heterocycles. The molecule has 1 aliphatic rings. The predicted octanol–water partition coefficient (Wildman–Crippen LogP) is 4.19. The topological polar surface area (TPSA) is 74.4 Å². The summed E-state index contributed by atoms with van der Waals surface area (Å²) in [4.78, 5) is 7.17. The Morgan fingerprint density at radius 1 is 0.968 bits per heavy atom. The zero-order chi connectivity index (χ0) is 20.6. The summed E-state index contributed by atoms with van der Waals surface area (Å²) >= 11 is 0. The number of anilines is 1.